The first-order valence-corrected chi connectivity index (χ1v) is 11.2. The van der Waals surface area contributed by atoms with E-state index < -0.39 is 5.79 Å². The molecule has 1 saturated carbocycles. The number of hydrogen-bond acceptors (Lipinski definition) is 6. The average Bonchev–Trinajstić information content (AvgIpc) is 2.66. The zero-order chi connectivity index (χ0) is 20.3. The van der Waals surface area contributed by atoms with Gasteiger partial charge in [-0.15, -0.1) is 0 Å². The van der Waals surface area contributed by atoms with E-state index in [0.717, 1.165) is 56.9 Å². The largest absolute Gasteiger partial charge is 0.252 e. The molecule has 0 aromatic carbocycles. The monoisotopic (exact) mass is 402 g/mol. The topological polar surface area (TPSA) is 66.4 Å². The lowest BCUT2D eigenvalue weighted by Gasteiger charge is -2.31. The normalized spacial score (nSPS) is 18.9. The summed E-state index contributed by atoms with van der Waals surface area (Å²) < 4.78 is 0. The summed E-state index contributed by atoms with van der Waals surface area (Å²) in [5.41, 5.74) is 0.913. The van der Waals surface area contributed by atoms with Crippen LogP contribution < -0.4 is 0 Å². The molecule has 0 unspecified atom stereocenters. The van der Waals surface area contributed by atoms with Crippen molar-refractivity contribution in [3.8, 4) is 0 Å². The molecule has 0 aliphatic heterocycles. The Balaban J connectivity index is 2.47. The molecule has 0 heterocycles. The summed E-state index contributed by atoms with van der Waals surface area (Å²) in [5.74, 6) is -0.834. The second-order valence-electron chi connectivity index (χ2n) is 8.05. The minimum atomic E-state index is -0.834. The molecular formula is C22H42O6. The lowest BCUT2D eigenvalue weighted by atomic mass is 9.97. The van der Waals surface area contributed by atoms with Crippen molar-refractivity contribution >= 4 is 0 Å². The third kappa shape index (κ3) is 13.6. The van der Waals surface area contributed by atoms with Gasteiger partial charge in [0.2, 0.25) is 5.79 Å². The summed E-state index contributed by atoms with van der Waals surface area (Å²) in [6.07, 6.45) is 16.3. The Morgan fingerprint density at radius 3 is 1.79 bits per heavy atom. The van der Waals surface area contributed by atoms with E-state index in [1.807, 2.05) is 6.92 Å². The van der Waals surface area contributed by atoms with Crippen LogP contribution in [-0.2, 0) is 24.4 Å². The highest BCUT2D eigenvalue weighted by molar-refractivity contribution is 4.86. The van der Waals surface area contributed by atoms with Crippen molar-refractivity contribution in [3.05, 3.63) is 12.2 Å². The van der Waals surface area contributed by atoms with E-state index in [2.05, 4.69) is 11.5 Å². The van der Waals surface area contributed by atoms with Gasteiger partial charge in [0.05, 0.1) is 13.2 Å². The second kappa shape index (κ2) is 17.4. The second-order valence-corrected chi connectivity index (χ2v) is 8.05. The van der Waals surface area contributed by atoms with Crippen LogP contribution in [0.5, 0.6) is 0 Å². The first-order chi connectivity index (χ1) is 13.7. The van der Waals surface area contributed by atoms with Crippen LogP contribution >= 0.6 is 0 Å². The standard InChI is InChI=1S/C22H42O6/c1-21(2)20-26-28-22(27-25-19-15-11-10-14-18-24-23)16-12-8-6-4-3-5-7-9-13-17-22/h23H,1,3-20H2,2H3. The van der Waals surface area contributed by atoms with Crippen LogP contribution in [-0.4, -0.2) is 30.9 Å². The van der Waals surface area contributed by atoms with E-state index in [4.69, 9.17) is 24.8 Å². The van der Waals surface area contributed by atoms with E-state index in [1.54, 1.807) is 0 Å². The van der Waals surface area contributed by atoms with Gasteiger partial charge in [-0.3, -0.25) is 5.26 Å². The van der Waals surface area contributed by atoms with Crippen LogP contribution in [0.1, 0.15) is 103 Å². The number of unbranched alkanes of at least 4 members (excludes halogenated alkanes) is 3. The maximum atomic E-state index is 8.32. The van der Waals surface area contributed by atoms with Crippen molar-refractivity contribution in [2.75, 3.05) is 19.8 Å². The maximum Gasteiger partial charge on any atom is 0.234 e. The molecule has 1 aliphatic carbocycles. The van der Waals surface area contributed by atoms with Gasteiger partial charge in [0, 0.05) is 12.8 Å². The van der Waals surface area contributed by atoms with Crippen molar-refractivity contribution in [2.45, 2.75) is 109 Å². The van der Waals surface area contributed by atoms with Crippen molar-refractivity contribution in [1.29, 1.82) is 0 Å². The Labute approximate surface area is 171 Å². The molecule has 166 valence electrons. The molecule has 0 aromatic heterocycles. The van der Waals surface area contributed by atoms with E-state index in [-0.39, 0.29) is 0 Å². The Morgan fingerprint density at radius 1 is 0.750 bits per heavy atom. The van der Waals surface area contributed by atoms with Crippen LogP contribution in [0.25, 0.3) is 0 Å². The van der Waals surface area contributed by atoms with Crippen molar-refractivity contribution < 1.29 is 29.7 Å². The Hall–Kier alpha value is -0.500. The third-order valence-electron chi connectivity index (χ3n) is 5.06. The molecule has 1 N–H and O–H groups in total. The Bertz CT molecular complexity index is 362. The quantitative estimate of drug-likeness (QED) is 0.124. The Morgan fingerprint density at radius 2 is 1.25 bits per heavy atom. The maximum absolute atomic E-state index is 8.32. The highest BCUT2D eigenvalue weighted by Crippen LogP contribution is 2.30. The summed E-state index contributed by atoms with van der Waals surface area (Å²) in [4.78, 5) is 26.7. The van der Waals surface area contributed by atoms with Gasteiger partial charge in [-0.25, -0.2) is 14.7 Å². The van der Waals surface area contributed by atoms with Crippen LogP contribution in [0.3, 0.4) is 0 Å². The molecule has 0 bridgehead atoms. The molecule has 0 saturated heterocycles. The molecule has 0 spiro atoms. The van der Waals surface area contributed by atoms with Crippen LogP contribution in [0.15, 0.2) is 12.2 Å². The van der Waals surface area contributed by atoms with Crippen LogP contribution in [0.4, 0.5) is 0 Å². The highest BCUT2D eigenvalue weighted by atomic mass is 17.3. The molecule has 0 amide bonds. The minimum absolute atomic E-state index is 0.359. The number of rotatable bonds is 13. The smallest absolute Gasteiger partial charge is 0.234 e. The SMILES string of the molecule is C=C(C)COOC1(OOCCCCCCOO)CCCCCCCCCCC1. The summed E-state index contributed by atoms with van der Waals surface area (Å²) in [6.45, 7) is 7.03. The van der Waals surface area contributed by atoms with E-state index >= 15 is 0 Å². The van der Waals surface area contributed by atoms with Gasteiger partial charge in [0.25, 0.3) is 0 Å². The zero-order valence-corrected chi connectivity index (χ0v) is 17.9. The van der Waals surface area contributed by atoms with E-state index in [9.17, 15) is 0 Å². The van der Waals surface area contributed by atoms with Gasteiger partial charge < -0.3 is 0 Å². The summed E-state index contributed by atoms with van der Waals surface area (Å²) in [7, 11) is 0. The third-order valence-corrected chi connectivity index (χ3v) is 5.06. The predicted molar refractivity (Wildman–Crippen MR) is 109 cm³/mol. The molecule has 1 aliphatic rings. The molecule has 1 rings (SSSR count). The van der Waals surface area contributed by atoms with Crippen molar-refractivity contribution in [1.82, 2.24) is 0 Å². The number of hydrogen-bond donors (Lipinski definition) is 1. The molecular weight excluding hydrogens is 360 g/mol. The van der Waals surface area contributed by atoms with Crippen LogP contribution in [0, 0.1) is 0 Å². The first kappa shape index (κ1) is 25.5. The van der Waals surface area contributed by atoms with Crippen molar-refractivity contribution in [2.24, 2.45) is 0 Å². The fourth-order valence-electron chi connectivity index (χ4n) is 3.40. The van der Waals surface area contributed by atoms with Gasteiger partial charge in [-0.05, 0) is 32.6 Å². The fourth-order valence-corrected chi connectivity index (χ4v) is 3.40. The Kier molecular flexibility index (Phi) is 15.8. The van der Waals surface area contributed by atoms with Crippen LogP contribution in [0.2, 0.25) is 0 Å². The lowest BCUT2D eigenvalue weighted by molar-refractivity contribution is -0.513. The fraction of sp³-hybridized carbons (Fsp3) is 0.909. The molecule has 0 atom stereocenters. The lowest BCUT2D eigenvalue weighted by Crippen LogP contribution is -2.37. The van der Waals surface area contributed by atoms with Crippen molar-refractivity contribution in [3.63, 3.8) is 0 Å². The molecule has 0 radical (unpaired) electrons. The van der Waals surface area contributed by atoms with Gasteiger partial charge in [-0.1, -0.05) is 69.9 Å². The zero-order valence-electron chi connectivity index (χ0n) is 17.9. The molecule has 0 aromatic rings. The average molecular weight is 403 g/mol. The first-order valence-electron chi connectivity index (χ1n) is 11.2. The highest BCUT2D eigenvalue weighted by Gasteiger charge is 2.35. The molecule has 28 heavy (non-hydrogen) atoms. The summed E-state index contributed by atoms with van der Waals surface area (Å²) in [6, 6.07) is 0. The van der Waals surface area contributed by atoms with E-state index in [0.29, 0.717) is 19.8 Å². The molecule has 1 fully saturated rings. The van der Waals surface area contributed by atoms with Gasteiger partial charge >= 0.3 is 0 Å². The molecule has 6 heteroatoms. The van der Waals surface area contributed by atoms with Gasteiger partial charge in [-0.2, -0.15) is 9.78 Å². The summed E-state index contributed by atoms with van der Waals surface area (Å²) in [5, 5.41) is 8.32. The minimum Gasteiger partial charge on any atom is -0.252 e. The van der Waals surface area contributed by atoms with Gasteiger partial charge in [0.15, 0.2) is 0 Å². The predicted octanol–water partition coefficient (Wildman–Crippen LogP) is 6.51. The molecule has 6 nitrogen and oxygen atoms in total. The summed E-state index contributed by atoms with van der Waals surface area (Å²) >= 11 is 0. The van der Waals surface area contributed by atoms with Gasteiger partial charge in [0.1, 0.15) is 6.61 Å². The van der Waals surface area contributed by atoms with E-state index in [1.165, 1.54) is 44.9 Å².